The van der Waals surface area contributed by atoms with Crippen LogP contribution in [0.25, 0.3) is 11.3 Å². The Morgan fingerprint density at radius 1 is 1.35 bits per heavy atom. The summed E-state index contributed by atoms with van der Waals surface area (Å²) in [6.45, 7) is 1.93. The first-order chi connectivity index (χ1) is 11.1. The van der Waals surface area contributed by atoms with Crippen molar-refractivity contribution in [2.45, 2.75) is 19.5 Å². The average Bonchev–Trinajstić information content (AvgIpc) is 3.24. The van der Waals surface area contributed by atoms with Gasteiger partial charge in [-0.3, -0.25) is 4.79 Å². The van der Waals surface area contributed by atoms with Gasteiger partial charge < -0.3 is 9.73 Å². The number of aromatic nitrogens is 3. The molecule has 0 saturated heterocycles. The maximum Gasteiger partial charge on any atom is 0.245 e. The zero-order valence-corrected chi connectivity index (χ0v) is 12.4. The van der Waals surface area contributed by atoms with Gasteiger partial charge in [0, 0.05) is 0 Å². The summed E-state index contributed by atoms with van der Waals surface area (Å²) in [5, 5.41) is 6.68. The lowest BCUT2D eigenvalue weighted by Gasteiger charge is -2.11. The molecule has 2 aromatic heterocycles. The largest absolute Gasteiger partial charge is 0.459 e. The second kappa shape index (κ2) is 6.43. The smallest absolute Gasteiger partial charge is 0.245 e. The molecule has 3 aromatic rings. The fourth-order valence-corrected chi connectivity index (χ4v) is 2.14. The third-order valence-electron chi connectivity index (χ3n) is 3.45. The Morgan fingerprint density at radius 2 is 2.17 bits per heavy atom. The van der Waals surface area contributed by atoms with E-state index in [0.29, 0.717) is 17.1 Å². The summed E-state index contributed by atoms with van der Waals surface area (Å²) in [6.07, 6.45) is 2.85. The molecule has 0 fully saturated rings. The van der Waals surface area contributed by atoms with E-state index in [1.54, 1.807) is 37.3 Å². The predicted molar refractivity (Wildman–Crippen MR) is 80.7 cm³/mol. The van der Waals surface area contributed by atoms with Gasteiger partial charge in [0.1, 0.15) is 36.0 Å². The van der Waals surface area contributed by atoms with Crippen LogP contribution in [0, 0.1) is 5.82 Å². The lowest BCUT2D eigenvalue weighted by Crippen LogP contribution is -2.30. The van der Waals surface area contributed by atoms with Crippen molar-refractivity contribution < 1.29 is 13.6 Å². The van der Waals surface area contributed by atoms with Gasteiger partial charge in [-0.05, 0) is 31.2 Å². The highest BCUT2D eigenvalue weighted by Crippen LogP contribution is 2.24. The standard InChI is InChI=1S/C16H15FN4O2/c1-11(21-10-18-9-20-21)16(22)19-8-12-6-7-15(23-12)13-4-2-3-5-14(13)17/h2-7,9-11H,8H2,1H3,(H,19,22). The normalized spacial score (nSPS) is 12.1. The molecule has 1 unspecified atom stereocenters. The lowest BCUT2D eigenvalue weighted by molar-refractivity contribution is -0.124. The van der Waals surface area contributed by atoms with E-state index >= 15 is 0 Å². The predicted octanol–water partition coefficient (Wildman–Crippen LogP) is 2.55. The molecule has 1 amide bonds. The summed E-state index contributed by atoms with van der Waals surface area (Å²) in [4.78, 5) is 15.9. The number of carbonyl (C=O) groups is 1. The van der Waals surface area contributed by atoms with Crippen molar-refractivity contribution in [1.82, 2.24) is 20.1 Å². The third kappa shape index (κ3) is 3.28. The Morgan fingerprint density at radius 3 is 2.91 bits per heavy atom. The first-order valence-corrected chi connectivity index (χ1v) is 7.10. The molecular weight excluding hydrogens is 299 g/mol. The molecule has 23 heavy (non-hydrogen) atoms. The number of benzene rings is 1. The second-order valence-electron chi connectivity index (χ2n) is 5.02. The molecule has 7 heteroatoms. The minimum absolute atomic E-state index is 0.209. The van der Waals surface area contributed by atoms with Crippen LogP contribution >= 0.6 is 0 Å². The molecule has 6 nitrogen and oxygen atoms in total. The summed E-state index contributed by atoms with van der Waals surface area (Å²) < 4.78 is 20.8. The molecule has 0 saturated carbocycles. The molecule has 0 bridgehead atoms. The van der Waals surface area contributed by atoms with Crippen LogP contribution in [0.1, 0.15) is 18.7 Å². The maximum atomic E-state index is 13.7. The SMILES string of the molecule is CC(C(=O)NCc1ccc(-c2ccccc2F)o1)n1cncn1. The molecule has 0 aliphatic carbocycles. The first-order valence-electron chi connectivity index (χ1n) is 7.10. The fourth-order valence-electron chi connectivity index (χ4n) is 2.14. The van der Waals surface area contributed by atoms with E-state index in [1.165, 1.54) is 23.4 Å². The van der Waals surface area contributed by atoms with Crippen LogP contribution in [0.15, 0.2) is 53.5 Å². The number of hydrogen-bond donors (Lipinski definition) is 1. The van der Waals surface area contributed by atoms with Gasteiger partial charge in [0.2, 0.25) is 5.91 Å². The molecule has 1 atom stereocenters. The van der Waals surface area contributed by atoms with Crippen molar-refractivity contribution in [3.63, 3.8) is 0 Å². The van der Waals surface area contributed by atoms with E-state index in [2.05, 4.69) is 15.4 Å². The Labute approximate surface area is 132 Å². The van der Waals surface area contributed by atoms with E-state index in [0.717, 1.165) is 0 Å². The summed E-state index contributed by atoms with van der Waals surface area (Å²) in [5.74, 6) is 0.413. The highest BCUT2D eigenvalue weighted by Gasteiger charge is 2.16. The average molecular weight is 314 g/mol. The van der Waals surface area contributed by atoms with Gasteiger partial charge in [-0.25, -0.2) is 14.1 Å². The minimum Gasteiger partial charge on any atom is -0.459 e. The van der Waals surface area contributed by atoms with E-state index in [-0.39, 0.29) is 18.3 Å². The van der Waals surface area contributed by atoms with E-state index in [4.69, 9.17) is 4.42 Å². The Balaban J connectivity index is 1.64. The summed E-state index contributed by atoms with van der Waals surface area (Å²) >= 11 is 0. The Kier molecular flexibility index (Phi) is 4.18. The maximum absolute atomic E-state index is 13.7. The molecular formula is C16H15FN4O2. The van der Waals surface area contributed by atoms with Crippen molar-refractivity contribution in [3.05, 3.63) is 60.6 Å². The number of hydrogen-bond acceptors (Lipinski definition) is 4. The number of nitrogens with one attached hydrogen (secondary N) is 1. The molecule has 0 aliphatic heterocycles. The summed E-state index contributed by atoms with van der Waals surface area (Å²) in [7, 11) is 0. The number of carbonyl (C=O) groups excluding carboxylic acids is 1. The second-order valence-corrected chi connectivity index (χ2v) is 5.02. The van der Waals surface area contributed by atoms with Gasteiger partial charge in [-0.1, -0.05) is 12.1 Å². The number of rotatable bonds is 5. The van der Waals surface area contributed by atoms with Crippen LogP contribution in [-0.2, 0) is 11.3 Å². The molecule has 1 N–H and O–H groups in total. The summed E-state index contributed by atoms with van der Waals surface area (Å²) in [5.41, 5.74) is 0.390. The van der Waals surface area contributed by atoms with Crippen LogP contribution < -0.4 is 5.32 Å². The zero-order valence-electron chi connectivity index (χ0n) is 12.4. The summed E-state index contributed by atoms with van der Waals surface area (Å²) in [6, 6.07) is 9.29. The van der Waals surface area contributed by atoms with Gasteiger partial charge in [-0.2, -0.15) is 5.10 Å². The van der Waals surface area contributed by atoms with Crippen LogP contribution in [-0.4, -0.2) is 20.7 Å². The molecule has 2 heterocycles. The minimum atomic E-state index is -0.474. The third-order valence-corrected chi connectivity index (χ3v) is 3.45. The topological polar surface area (TPSA) is 73.0 Å². The number of nitrogens with zero attached hydrogens (tertiary/aromatic N) is 3. The highest BCUT2D eigenvalue weighted by atomic mass is 19.1. The van der Waals surface area contributed by atoms with Crippen molar-refractivity contribution >= 4 is 5.91 Å². The van der Waals surface area contributed by atoms with Crippen molar-refractivity contribution in [2.75, 3.05) is 0 Å². The highest BCUT2D eigenvalue weighted by molar-refractivity contribution is 5.79. The van der Waals surface area contributed by atoms with Gasteiger partial charge in [0.05, 0.1) is 12.1 Å². The molecule has 3 rings (SSSR count). The van der Waals surface area contributed by atoms with Crippen molar-refractivity contribution in [3.8, 4) is 11.3 Å². The van der Waals surface area contributed by atoms with Gasteiger partial charge in [-0.15, -0.1) is 0 Å². The van der Waals surface area contributed by atoms with Gasteiger partial charge in [0.15, 0.2) is 0 Å². The molecule has 0 aliphatic rings. The molecule has 0 spiro atoms. The van der Waals surface area contributed by atoms with Gasteiger partial charge in [0.25, 0.3) is 0 Å². The number of amides is 1. The Hall–Kier alpha value is -2.96. The van der Waals surface area contributed by atoms with Crippen molar-refractivity contribution in [2.24, 2.45) is 0 Å². The fraction of sp³-hybridized carbons (Fsp3) is 0.188. The quantitative estimate of drug-likeness (QED) is 0.785. The van der Waals surface area contributed by atoms with Crippen LogP contribution in [0.3, 0.4) is 0 Å². The molecule has 1 aromatic carbocycles. The number of halogens is 1. The molecule has 118 valence electrons. The van der Waals surface area contributed by atoms with E-state index in [9.17, 15) is 9.18 Å². The van der Waals surface area contributed by atoms with Gasteiger partial charge >= 0.3 is 0 Å². The Bertz CT molecular complexity index is 798. The zero-order chi connectivity index (χ0) is 16.2. The first kappa shape index (κ1) is 15.0. The number of furan rings is 1. The van der Waals surface area contributed by atoms with Crippen LogP contribution in [0.4, 0.5) is 4.39 Å². The van der Waals surface area contributed by atoms with Crippen molar-refractivity contribution in [1.29, 1.82) is 0 Å². The monoisotopic (exact) mass is 314 g/mol. The van der Waals surface area contributed by atoms with E-state index < -0.39 is 6.04 Å². The van der Waals surface area contributed by atoms with Crippen LogP contribution in [0.5, 0.6) is 0 Å². The van der Waals surface area contributed by atoms with E-state index in [1.807, 2.05) is 0 Å². The molecule has 0 radical (unpaired) electrons. The lowest BCUT2D eigenvalue weighted by atomic mass is 10.1. The van der Waals surface area contributed by atoms with Crippen LogP contribution in [0.2, 0.25) is 0 Å².